The lowest BCUT2D eigenvalue weighted by molar-refractivity contribution is -0.156. The number of esters is 1. The van der Waals surface area contributed by atoms with Crippen molar-refractivity contribution in [1.82, 2.24) is 0 Å². The summed E-state index contributed by atoms with van der Waals surface area (Å²) in [6.07, 6.45) is 5.01. The van der Waals surface area contributed by atoms with Gasteiger partial charge in [0.15, 0.2) is 11.4 Å². The molecule has 0 N–H and O–H groups in total. The van der Waals surface area contributed by atoms with Gasteiger partial charge in [-0.05, 0) is 81.5 Å². The fourth-order valence-corrected chi connectivity index (χ4v) is 4.95. The van der Waals surface area contributed by atoms with E-state index in [1.807, 2.05) is 44.4 Å². The molecule has 0 heterocycles. The number of aryl methyl sites for hydroxylation is 2. The Morgan fingerprint density at radius 2 is 1.65 bits per heavy atom. The molecule has 0 saturated heterocycles. The third-order valence-corrected chi connectivity index (χ3v) is 6.92. The van der Waals surface area contributed by atoms with Gasteiger partial charge in [0.05, 0.1) is 7.11 Å². The minimum Gasteiger partial charge on any atom is -0.476 e. The van der Waals surface area contributed by atoms with Crippen molar-refractivity contribution in [3.63, 3.8) is 0 Å². The lowest BCUT2D eigenvalue weighted by Crippen LogP contribution is -2.39. The topological polar surface area (TPSA) is 52.6 Å². The predicted octanol–water partition coefficient (Wildman–Crippen LogP) is 6.12. The Morgan fingerprint density at radius 1 is 1.03 bits per heavy atom. The van der Waals surface area contributed by atoms with Crippen LogP contribution in [-0.2, 0) is 9.53 Å². The molecule has 0 aliphatic heterocycles. The normalized spacial score (nSPS) is 18.6. The van der Waals surface area contributed by atoms with Crippen LogP contribution in [0.25, 0.3) is 0 Å². The number of ether oxygens (including phenoxy) is 2. The van der Waals surface area contributed by atoms with E-state index in [1.54, 1.807) is 25.6 Å². The summed E-state index contributed by atoms with van der Waals surface area (Å²) < 4.78 is 10.9. The van der Waals surface area contributed by atoms with Crippen molar-refractivity contribution in [3.8, 4) is 5.75 Å². The van der Waals surface area contributed by atoms with Crippen molar-refractivity contribution in [2.24, 2.45) is 5.92 Å². The van der Waals surface area contributed by atoms with Gasteiger partial charge in [0.2, 0.25) is 0 Å². The molecule has 2 atom stereocenters. The fourth-order valence-electron chi connectivity index (χ4n) is 4.54. The largest absolute Gasteiger partial charge is 0.476 e. The number of hydrogen-bond acceptors (Lipinski definition) is 5. The van der Waals surface area contributed by atoms with E-state index in [0.717, 1.165) is 40.8 Å². The molecule has 31 heavy (non-hydrogen) atoms. The van der Waals surface area contributed by atoms with Gasteiger partial charge in [0.25, 0.3) is 0 Å². The summed E-state index contributed by atoms with van der Waals surface area (Å²) in [4.78, 5) is 26.5. The number of rotatable bonds is 7. The molecule has 2 aromatic carbocycles. The standard InChI is InChI=1S/C26H32O4S/c1-16-14-19(15-17(2)24(16)30-26(3,4)25(28)29-5)21-8-7-9-22(21)23(27)18-10-12-20(31-6)13-11-18/h10-15,21-22H,7-9H2,1-6H3/t21-,22+/m1/s1. The van der Waals surface area contributed by atoms with E-state index in [2.05, 4.69) is 12.1 Å². The maximum atomic E-state index is 13.3. The lowest BCUT2D eigenvalue weighted by atomic mass is 9.82. The molecule has 0 radical (unpaired) electrons. The maximum Gasteiger partial charge on any atom is 0.349 e. The first-order valence-corrected chi connectivity index (χ1v) is 12.0. The molecule has 3 rings (SSSR count). The summed E-state index contributed by atoms with van der Waals surface area (Å²) in [6.45, 7) is 7.40. The molecule has 5 heteroatoms. The first-order chi connectivity index (χ1) is 14.7. The van der Waals surface area contributed by atoms with Crippen molar-refractivity contribution < 1.29 is 19.1 Å². The van der Waals surface area contributed by atoms with Gasteiger partial charge in [-0.15, -0.1) is 11.8 Å². The zero-order valence-corrected chi connectivity index (χ0v) is 20.1. The zero-order chi connectivity index (χ0) is 22.8. The maximum absolute atomic E-state index is 13.3. The van der Waals surface area contributed by atoms with Gasteiger partial charge in [0.1, 0.15) is 5.75 Å². The molecular formula is C26H32O4S. The number of hydrogen-bond donors (Lipinski definition) is 0. The molecular weight excluding hydrogens is 408 g/mol. The molecule has 0 amide bonds. The number of Topliss-reactive ketones (excluding diaryl/α,β-unsaturated/α-hetero) is 1. The van der Waals surface area contributed by atoms with E-state index in [1.165, 1.54) is 12.7 Å². The van der Waals surface area contributed by atoms with E-state index in [0.29, 0.717) is 5.75 Å². The highest BCUT2D eigenvalue weighted by Crippen LogP contribution is 2.43. The summed E-state index contributed by atoms with van der Waals surface area (Å²) in [7, 11) is 1.36. The molecule has 1 saturated carbocycles. The average Bonchev–Trinajstić information content (AvgIpc) is 3.25. The van der Waals surface area contributed by atoms with Gasteiger partial charge in [-0.3, -0.25) is 4.79 Å². The van der Waals surface area contributed by atoms with Crippen molar-refractivity contribution in [2.45, 2.75) is 63.4 Å². The Hall–Kier alpha value is -2.27. The van der Waals surface area contributed by atoms with Crippen molar-refractivity contribution in [2.75, 3.05) is 13.4 Å². The van der Waals surface area contributed by atoms with E-state index in [9.17, 15) is 9.59 Å². The molecule has 0 spiro atoms. The summed E-state index contributed by atoms with van der Waals surface area (Å²) in [5.74, 6) is 0.722. The fraction of sp³-hybridized carbons (Fsp3) is 0.462. The molecule has 0 unspecified atom stereocenters. The number of methoxy groups -OCH3 is 1. The van der Waals surface area contributed by atoms with E-state index in [4.69, 9.17) is 9.47 Å². The lowest BCUT2D eigenvalue weighted by Gasteiger charge is -2.27. The van der Waals surface area contributed by atoms with Crippen LogP contribution in [0.1, 0.15) is 66.1 Å². The number of benzene rings is 2. The van der Waals surface area contributed by atoms with Crippen LogP contribution in [0.5, 0.6) is 5.75 Å². The van der Waals surface area contributed by atoms with Crippen LogP contribution < -0.4 is 4.74 Å². The van der Waals surface area contributed by atoms with Gasteiger partial charge < -0.3 is 9.47 Å². The van der Waals surface area contributed by atoms with Gasteiger partial charge in [-0.2, -0.15) is 0 Å². The Balaban J connectivity index is 1.86. The highest BCUT2D eigenvalue weighted by Gasteiger charge is 2.36. The summed E-state index contributed by atoms with van der Waals surface area (Å²) in [5, 5.41) is 0. The first-order valence-electron chi connectivity index (χ1n) is 10.7. The molecule has 0 aromatic heterocycles. The van der Waals surface area contributed by atoms with Crippen LogP contribution in [0, 0.1) is 19.8 Å². The van der Waals surface area contributed by atoms with Crippen LogP contribution in [-0.4, -0.2) is 30.7 Å². The van der Waals surface area contributed by atoms with Gasteiger partial charge in [0, 0.05) is 16.4 Å². The number of ketones is 1. The molecule has 4 nitrogen and oxygen atoms in total. The van der Waals surface area contributed by atoms with Crippen molar-refractivity contribution in [1.29, 1.82) is 0 Å². The summed E-state index contributed by atoms with van der Waals surface area (Å²) >= 11 is 1.68. The molecule has 1 aliphatic rings. The monoisotopic (exact) mass is 440 g/mol. The van der Waals surface area contributed by atoms with Crippen LogP contribution in [0.15, 0.2) is 41.3 Å². The van der Waals surface area contributed by atoms with Gasteiger partial charge in [-0.25, -0.2) is 4.79 Å². The summed E-state index contributed by atoms with van der Waals surface area (Å²) in [5.41, 5.74) is 2.84. The first kappa shape index (κ1) is 23.4. The molecule has 1 aliphatic carbocycles. The molecule has 1 fully saturated rings. The van der Waals surface area contributed by atoms with E-state index in [-0.39, 0.29) is 17.6 Å². The number of thioether (sulfide) groups is 1. The minimum absolute atomic E-state index is 0.00259. The second-order valence-electron chi connectivity index (χ2n) is 8.82. The Labute approximate surface area is 189 Å². The van der Waals surface area contributed by atoms with Crippen LogP contribution in [0.2, 0.25) is 0 Å². The Bertz CT molecular complexity index is 939. The Kier molecular flexibility index (Phi) is 7.15. The third kappa shape index (κ3) is 4.98. The SMILES string of the molecule is COC(=O)C(C)(C)Oc1c(C)cc([C@H]2CCC[C@@H]2C(=O)c2ccc(SC)cc2)cc1C. The van der Waals surface area contributed by atoms with E-state index < -0.39 is 11.6 Å². The molecule has 0 bridgehead atoms. The minimum atomic E-state index is -1.07. The van der Waals surface area contributed by atoms with Crippen LogP contribution in [0.4, 0.5) is 0 Å². The molecule has 166 valence electrons. The van der Waals surface area contributed by atoms with Gasteiger partial charge in [-0.1, -0.05) is 30.7 Å². The average molecular weight is 441 g/mol. The number of carbonyl (C=O) groups excluding carboxylic acids is 2. The van der Waals surface area contributed by atoms with Crippen LogP contribution >= 0.6 is 11.8 Å². The van der Waals surface area contributed by atoms with Crippen LogP contribution in [0.3, 0.4) is 0 Å². The van der Waals surface area contributed by atoms with Gasteiger partial charge >= 0.3 is 5.97 Å². The second kappa shape index (κ2) is 9.47. The molecule has 2 aromatic rings. The van der Waals surface area contributed by atoms with E-state index >= 15 is 0 Å². The quantitative estimate of drug-likeness (QED) is 0.295. The zero-order valence-electron chi connectivity index (χ0n) is 19.3. The Morgan fingerprint density at radius 3 is 2.19 bits per heavy atom. The van der Waals surface area contributed by atoms with Crippen molar-refractivity contribution >= 4 is 23.5 Å². The smallest absolute Gasteiger partial charge is 0.349 e. The highest BCUT2D eigenvalue weighted by atomic mass is 32.2. The third-order valence-electron chi connectivity index (χ3n) is 6.17. The highest BCUT2D eigenvalue weighted by molar-refractivity contribution is 7.98. The predicted molar refractivity (Wildman–Crippen MR) is 125 cm³/mol. The van der Waals surface area contributed by atoms with Crippen molar-refractivity contribution in [3.05, 3.63) is 58.7 Å². The second-order valence-corrected chi connectivity index (χ2v) is 9.70. The number of carbonyl (C=O) groups is 2. The summed E-state index contributed by atoms with van der Waals surface area (Å²) in [6, 6.07) is 12.2.